The minimum absolute atomic E-state index is 0.00902. The fourth-order valence-electron chi connectivity index (χ4n) is 18.0. The molecular formula is C109H132ClF3N22O6. The van der Waals surface area contributed by atoms with E-state index in [0.717, 1.165) is 102 Å². The van der Waals surface area contributed by atoms with Crippen LogP contribution in [0.15, 0.2) is 207 Å². The standard InChI is InChI=1S/C30H39ClN6O2.C27H30F2N6O.C26H35FN4O.C26H28N6O2/c1-21-19-24(13-14-25(21)31)39-18-8-17-36(16-7-15-35(5)6)29-33-28(32-26-20-27(38)34-37(26)29)22-9-11-23(12-10-22)30(2,3)4;1-26(2,3)20-10-8-17(9-11-20)24-32-22-14-23(36)34-35(22)25(33-24)31-16-27(28,29)15-30-21-12-18-6-4-5-7-19(18)13-21;1-26(2,3)20-12-10-19(11-13-20)25-28-22(31-23(29-25)17-24(32)30-31)16-15-21(27)14-9-18-7-5-4-6-8-18;1-26(2,3)19-10-8-16(9-11-19)24-29-21-14-22(33)31-32(21)25(30-24)27-15-23(34)28-20-12-17-6-4-5-7-18(17)13-20/h9-14,19-20H,7-8,15-18H2,1-6H3,(H,34,38);4-11,14,21,30H,12-13,15-16H2,1-3H3,(H,34,36)(H,31,32,33);10-13,17-18,21H,4-9,14-16H2,1-3H3,(H,30,32);4-11,14,20H,12-13,15H2,1-3H3,(H,28,34)(H,31,33)(H,27,29,30). The van der Waals surface area contributed by atoms with E-state index in [4.69, 9.17) is 31.3 Å². The number of carbonyl (C=O) groups excluding carboxylic acids is 1. The third-order valence-corrected chi connectivity index (χ3v) is 26.5. The average Bonchev–Trinajstić information content (AvgIpc) is 1.66. The van der Waals surface area contributed by atoms with Gasteiger partial charge in [-0.2, -0.15) is 15.0 Å². The summed E-state index contributed by atoms with van der Waals surface area (Å²) in [6.07, 6.45) is 12.9. The molecule has 32 heteroatoms. The van der Waals surface area contributed by atoms with E-state index in [-0.39, 0.29) is 74.4 Å². The van der Waals surface area contributed by atoms with Crippen LogP contribution in [0.4, 0.5) is 31.0 Å². The van der Waals surface area contributed by atoms with Gasteiger partial charge in [0.25, 0.3) is 28.2 Å². The quantitative estimate of drug-likeness (QED) is 0.0194. The lowest BCUT2D eigenvalue weighted by molar-refractivity contribution is -0.120. The number of aromatic nitrogens is 16. The maximum Gasteiger partial charge on any atom is 0.277 e. The number of hydrogen-bond donors (Lipinski definition) is 8. The van der Waals surface area contributed by atoms with Crippen molar-refractivity contribution in [3.8, 4) is 51.3 Å². The first-order valence-corrected chi connectivity index (χ1v) is 49.4. The number of carbonyl (C=O) groups is 1. The van der Waals surface area contributed by atoms with Crippen molar-refractivity contribution in [1.29, 1.82) is 0 Å². The van der Waals surface area contributed by atoms with Crippen LogP contribution in [0.25, 0.3) is 68.1 Å². The molecule has 8 N–H and O–H groups in total. The maximum atomic E-state index is 14.8. The number of halogens is 4. The van der Waals surface area contributed by atoms with Crippen molar-refractivity contribution in [1.82, 2.24) is 93.9 Å². The zero-order chi connectivity index (χ0) is 100. The smallest absolute Gasteiger partial charge is 0.277 e. The van der Waals surface area contributed by atoms with E-state index in [2.05, 4.69) is 234 Å². The van der Waals surface area contributed by atoms with Crippen molar-refractivity contribution in [3.63, 3.8) is 0 Å². The highest BCUT2D eigenvalue weighted by atomic mass is 35.5. The van der Waals surface area contributed by atoms with Crippen molar-refractivity contribution >= 4 is 57.9 Å². The molecule has 141 heavy (non-hydrogen) atoms. The molecule has 0 bridgehead atoms. The number of amides is 1. The molecule has 0 saturated heterocycles. The lowest BCUT2D eigenvalue weighted by atomic mass is 9.85. The number of fused-ring (bicyclic) bond motifs is 6. The van der Waals surface area contributed by atoms with Gasteiger partial charge in [0.2, 0.25) is 23.8 Å². The SMILES string of the molecule is CC(C)(C)c1ccc(-c2nc(CCC(F)CCC3CCCCC3)n3[nH]c(=O)cc3n2)cc1.CC(C)(C)c1ccc(-c2nc(NCC(=O)NC3Cc4ccccc4C3)n3[nH]c(=O)cc3n2)cc1.CC(C)(C)c1ccc(-c2nc(NCC(F)(F)CNC3Cc4ccccc4C3)n3[nH]c(=O)cc3n2)cc1.Cc1cc(OCCCN(CCCN(C)C)c2nc(-c3ccc(C(C)(C)C)cc3)nc3cc(=O)[nH]n23)ccc1Cl. The van der Waals surface area contributed by atoms with E-state index in [1.54, 1.807) is 9.03 Å². The van der Waals surface area contributed by atoms with Crippen LogP contribution in [0.3, 0.4) is 0 Å². The molecular weight excluding hydrogens is 1810 g/mol. The molecule has 1 atom stereocenters. The first-order chi connectivity index (χ1) is 67.1. The Morgan fingerprint density at radius 1 is 0.475 bits per heavy atom. The summed E-state index contributed by atoms with van der Waals surface area (Å²) in [7, 11) is 4.13. The number of H-pyrrole nitrogens is 4. The molecule has 3 aliphatic rings. The van der Waals surface area contributed by atoms with Gasteiger partial charge in [-0.05, 0) is 181 Å². The molecule has 1 fully saturated rings. The number of aryl methyl sites for hydroxylation is 2. The first kappa shape index (κ1) is 102. The third-order valence-electron chi connectivity index (χ3n) is 26.1. The Morgan fingerprint density at radius 3 is 1.34 bits per heavy atom. The van der Waals surface area contributed by atoms with E-state index >= 15 is 0 Å². The van der Waals surface area contributed by atoms with Crippen LogP contribution in [-0.4, -0.2) is 173 Å². The molecule has 18 rings (SSSR count). The van der Waals surface area contributed by atoms with Crippen LogP contribution >= 0.6 is 11.6 Å². The fourth-order valence-corrected chi connectivity index (χ4v) is 18.1. The molecule has 1 amide bonds. The van der Waals surface area contributed by atoms with Gasteiger partial charge < -0.3 is 35.8 Å². The van der Waals surface area contributed by atoms with Gasteiger partial charge in [-0.1, -0.05) is 272 Å². The minimum atomic E-state index is -3.03. The Balaban J connectivity index is 0.000000142. The summed E-state index contributed by atoms with van der Waals surface area (Å²) < 4.78 is 56.4. The zero-order valence-electron chi connectivity index (χ0n) is 83.5. The molecule has 0 radical (unpaired) electrons. The zero-order valence-corrected chi connectivity index (χ0v) is 84.2. The summed E-state index contributed by atoms with van der Waals surface area (Å²) in [5.41, 5.74) is 15.0. The molecule has 28 nitrogen and oxygen atoms in total. The van der Waals surface area contributed by atoms with Gasteiger partial charge in [0.15, 0.2) is 45.9 Å². The number of aromatic amines is 4. The molecule has 0 spiro atoms. The summed E-state index contributed by atoms with van der Waals surface area (Å²) in [6, 6.07) is 60.2. The molecule has 8 heterocycles. The molecule has 742 valence electrons. The van der Waals surface area contributed by atoms with Crippen molar-refractivity contribution in [3.05, 3.63) is 290 Å². The van der Waals surface area contributed by atoms with Gasteiger partial charge in [-0.15, -0.1) is 0 Å². The highest BCUT2D eigenvalue weighted by Crippen LogP contribution is 2.35. The van der Waals surface area contributed by atoms with Crippen molar-refractivity contribution in [2.24, 2.45) is 5.92 Å². The van der Waals surface area contributed by atoms with E-state index in [1.165, 1.54) is 104 Å². The number of ether oxygens (including phenoxy) is 1. The van der Waals surface area contributed by atoms with Crippen LogP contribution in [-0.2, 0) is 58.6 Å². The monoisotopic (exact) mass is 1940 g/mol. The lowest BCUT2D eigenvalue weighted by Gasteiger charge is -2.25. The van der Waals surface area contributed by atoms with Crippen molar-refractivity contribution in [2.75, 3.05) is 75.5 Å². The third kappa shape index (κ3) is 27.0. The summed E-state index contributed by atoms with van der Waals surface area (Å²) in [5, 5.41) is 23.5. The lowest BCUT2D eigenvalue weighted by Crippen LogP contribution is -2.43. The van der Waals surface area contributed by atoms with Crippen molar-refractivity contribution < 1.29 is 22.7 Å². The van der Waals surface area contributed by atoms with Crippen LogP contribution in [0.1, 0.15) is 203 Å². The predicted molar refractivity (Wildman–Crippen MR) is 555 cm³/mol. The summed E-state index contributed by atoms with van der Waals surface area (Å²) in [5.74, 6) is 2.08. The Hall–Kier alpha value is -13.4. The number of nitrogens with zero attached hydrogens (tertiary/aromatic N) is 14. The molecule has 0 aliphatic heterocycles. The Labute approximate surface area is 825 Å². The van der Waals surface area contributed by atoms with Gasteiger partial charge in [-0.3, -0.25) is 44.4 Å². The second-order valence-electron chi connectivity index (χ2n) is 41.9. The number of hydrogen-bond acceptors (Lipinski definition) is 19. The maximum absolute atomic E-state index is 14.8. The Bertz CT molecular complexity index is 7020. The minimum Gasteiger partial charge on any atom is -0.494 e. The number of rotatable bonds is 30. The largest absolute Gasteiger partial charge is 0.494 e. The second kappa shape index (κ2) is 44.2. The molecule has 1 saturated carbocycles. The van der Waals surface area contributed by atoms with Gasteiger partial charge in [-0.25, -0.2) is 56.2 Å². The van der Waals surface area contributed by atoms with E-state index in [0.29, 0.717) is 102 Å². The second-order valence-corrected chi connectivity index (χ2v) is 42.3. The molecule has 8 aromatic heterocycles. The molecule has 15 aromatic rings. The summed E-state index contributed by atoms with van der Waals surface area (Å²) in [4.78, 5) is 102. The van der Waals surface area contributed by atoms with Gasteiger partial charge in [0.1, 0.15) is 17.7 Å². The number of benzene rings is 7. The van der Waals surface area contributed by atoms with E-state index in [1.807, 2.05) is 110 Å². The highest BCUT2D eigenvalue weighted by molar-refractivity contribution is 6.31. The highest BCUT2D eigenvalue weighted by Gasteiger charge is 2.33. The topological polar surface area (TPSA) is 333 Å². The average molecular weight is 1940 g/mol. The predicted octanol–water partition coefficient (Wildman–Crippen LogP) is 18.8. The van der Waals surface area contributed by atoms with E-state index < -0.39 is 25.2 Å². The Kier molecular flexibility index (Phi) is 32.0. The van der Waals surface area contributed by atoms with Gasteiger partial charge >= 0.3 is 0 Å². The number of alkyl halides is 3. The van der Waals surface area contributed by atoms with Crippen molar-refractivity contribution in [2.45, 2.75) is 232 Å². The van der Waals surface area contributed by atoms with Crippen LogP contribution in [0.5, 0.6) is 5.75 Å². The summed E-state index contributed by atoms with van der Waals surface area (Å²) in [6.45, 7) is 29.8. The molecule has 1 unspecified atom stereocenters. The van der Waals surface area contributed by atoms with Crippen LogP contribution in [0.2, 0.25) is 5.02 Å². The van der Waals surface area contributed by atoms with Gasteiger partial charge in [0, 0.05) is 83.1 Å². The fraction of sp³-hybridized carbons (Fsp3) is 0.422. The Morgan fingerprint density at radius 2 is 0.887 bits per heavy atom. The molecule has 7 aromatic carbocycles. The summed E-state index contributed by atoms with van der Waals surface area (Å²) >= 11 is 6.15. The number of anilines is 3. The molecule has 3 aliphatic carbocycles. The van der Waals surface area contributed by atoms with E-state index in [9.17, 15) is 37.1 Å². The van der Waals surface area contributed by atoms with Gasteiger partial charge in [0.05, 0.1) is 26.2 Å². The first-order valence-electron chi connectivity index (χ1n) is 49.0. The van der Waals surface area contributed by atoms with Crippen LogP contribution < -0.4 is 53.1 Å². The van der Waals surface area contributed by atoms with Crippen LogP contribution in [0, 0.1) is 12.8 Å². The normalized spacial score (nSPS) is 14.0. The number of nitrogens with one attached hydrogen (secondary N) is 8.